The zero-order valence-electron chi connectivity index (χ0n) is 10.5. The maximum Gasteiger partial charge on any atom is 0.243 e. The first-order valence-corrected chi connectivity index (χ1v) is 7.54. The van der Waals surface area contributed by atoms with Crippen LogP contribution in [0.15, 0.2) is 18.2 Å². The van der Waals surface area contributed by atoms with Gasteiger partial charge in [-0.1, -0.05) is 34.1 Å². The molecule has 0 radical (unpaired) electrons. The summed E-state index contributed by atoms with van der Waals surface area (Å²) >= 11 is 3.46. The normalized spacial score (nSPS) is 23.3. The summed E-state index contributed by atoms with van der Waals surface area (Å²) in [5, 5.41) is 3.27. The monoisotopic (exact) mass is 322 g/mol. The lowest BCUT2D eigenvalue weighted by Crippen LogP contribution is -2.50. The number of benzene rings is 1. The van der Waals surface area contributed by atoms with Gasteiger partial charge in [-0.2, -0.15) is 0 Å². The first-order chi connectivity index (χ1) is 9.17. The molecule has 1 aromatic rings. The van der Waals surface area contributed by atoms with Crippen LogP contribution in [0.4, 0.5) is 0 Å². The molecule has 2 amide bonds. The molecule has 1 atom stereocenters. The second kappa shape index (κ2) is 5.06. The lowest BCUT2D eigenvalue weighted by molar-refractivity contribution is -0.137. The molecule has 19 heavy (non-hydrogen) atoms. The summed E-state index contributed by atoms with van der Waals surface area (Å²) in [6, 6.07) is 6.27. The summed E-state index contributed by atoms with van der Waals surface area (Å²) in [6.07, 6.45) is 1.07. The summed E-state index contributed by atoms with van der Waals surface area (Å²) in [5.41, 5.74) is 3.83. The Morgan fingerprint density at radius 1 is 1.26 bits per heavy atom. The first-order valence-electron chi connectivity index (χ1n) is 6.42. The second-order valence-corrected chi connectivity index (χ2v) is 5.67. The van der Waals surface area contributed by atoms with Crippen molar-refractivity contribution in [2.24, 2.45) is 0 Å². The van der Waals surface area contributed by atoms with Crippen molar-refractivity contribution in [1.29, 1.82) is 0 Å². The maximum atomic E-state index is 11.9. The van der Waals surface area contributed by atoms with E-state index in [1.807, 2.05) is 0 Å². The van der Waals surface area contributed by atoms with Crippen LogP contribution in [0.25, 0.3) is 0 Å². The van der Waals surface area contributed by atoms with E-state index >= 15 is 0 Å². The Balaban J connectivity index is 1.76. The molecule has 1 fully saturated rings. The molecule has 2 aliphatic heterocycles. The number of imide groups is 1. The lowest BCUT2D eigenvalue weighted by atomic mass is 10.0. The van der Waals surface area contributed by atoms with Crippen LogP contribution in [0.5, 0.6) is 0 Å². The fourth-order valence-electron chi connectivity index (χ4n) is 2.81. The minimum Gasteiger partial charge on any atom is -0.295 e. The highest BCUT2D eigenvalue weighted by Crippen LogP contribution is 2.28. The number of fused-ring (bicyclic) bond motifs is 1. The van der Waals surface area contributed by atoms with E-state index in [4.69, 9.17) is 0 Å². The van der Waals surface area contributed by atoms with Gasteiger partial charge in [-0.15, -0.1) is 0 Å². The smallest absolute Gasteiger partial charge is 0.243 e. The van der Waals surface area contributed by atoms with Gasteiger partial charge in [0, 0.05) is 24.8 Å². The van der Waals surface area contributed by atoms with Crippen molar-refractivity contribution in [3.05, 3.63) is 34.9 Å². The molecule has 3 rings (SSSR count). The predicted octanol–water partition coefficient (Wildman–Crippen LogP) is 1.70. The number of nitrogens with one attached hydrogen (secondary N) is 1. The number of carbonyl (C=O) groups is 2. The molecule has 2 aliphatic rings. The van der Waals surface area contributed by atoms with Gasteiger partial charge in [-0.3, -0.25) is 19.8 Å². The summed E-state index contributed by atoms with van der Waals surface area (Å²) < 4.78 is 0. The first kappa shape index (κ1) is 12.8. The molecule has 0 saturated carbocycles. The molecule has 5 heteroatoms. The SMILES string of the molecule is O=C1CCC(N2Cc3ccc(CBr)cc3C2)C(=O)N1. The third-order valence-corrected chi connectivity index (χ3v) is 4.47. The summed E-state index contributed by atoms with van der Waals surface area (Å²) in [4.78, 5) is 25.2. The highest BCUT2D eigenvalue weighted by Gasteiger charge is 2.34. The minimum atomic E-state index is -0.169. The molecule has 4 nitrogen and oxygen atoms in total. The Morgan fingerprint density at radius 3 is 2.79 bits per heavy atom. The fraction of sp³-hybridized carbons (Fsp3) is 0.429. The van der Waals surface area contributed by atoms with Gasteiger partial charge in [0.1, 0.15) is 0 Å². The van der Waals surface area contributed by atoms with E-state index in [-0.39, 0.29) is 17.9 Å². The molecular formula is C14H15BrN2O2. The minimum absolute atomic E-state index is 0.148. The van der Waals surface area contributed by atoms with E-state index in [1.165, 1.54) is 16.7 Å². The molecular weight excluding hydrogens is 308 g/mol. The molecule has 1 aromatic carbocycles. The van der Waals surface area contributed by atoms with Gasteiger partial charge < -0.3 is 0 Å². The molecule has 1 saturated heterocycles. The van der Waals surface area contributed by atoms with E-state index in [0.717, 1.165) is 18.4 Å². The van der Waals surface area contributed by atoms with E-state index in [2.05, 4.69) is 44.3 Å². The Morgan fingerprint density at radius 2 is 2.05 bits per heavy atom. The van der Waals surface area contributed by atoms with E-state index < -0.39 is 0 Å². The van der Waals surface area contributed by atoms with Gasteiger partial charge >= 0.3 is 0 Å². The van der Waals surface area contributed by atoms with Crippen molar-refractivity contribution in [2.75, 3.05) is 0 Å². The van der Waals surface area contributed by atoms with Crippen LogP contribution in [-0.2, 0) is 28.0 Å². The van der Waals surface area contributed by atoms with Gasteiger partial charge in [0.15, 0.2) is 0 Å². The highest BCUT2D eigenvalue weighted by atomic mass is 79.9. The van der Waals surface area contributed by atoms with Crippen LogP contribution in [0, 0.1) is 0 Å². The van der Waals surface area contributed by atoms with E-state index in [9.17, 15) is 9.59 Å². The highest BCUT2D eigenvalue weighted by molar-refractivity contribution is 9.08. The van der Waals surface area contributed by atoms with Gasteiger partial charge in [0.2, 0.25) is 11.8 Å². The Hall–Kier alpha value is -1.20. The van der Waals surface area contributed by atoms with Crippen LogP contribution in [-0.4, -0.2) is 22.8 Å². The third kappa shape index (κ3) is 2.44. The molecule has 1 unspecified atom stereocenters. The number of hydrogen-bond donors (Lipinski definition) is 1. The third-order valence-electron chi connectivity index (χ3n) is 3.82. The Labute approximate surface area is 120 Å². The zero-order valence-corrected chi connectivity index (χ0v) is 12.1. The average Bonchev–Trinajstić information content (AvgIpc) is 2.80. The van der Waals surface area contributed by atoms with Gasteiger partial charge in [-0.05, 0) is 23.1 Å². The summed E-state index contributed by atoms with van der Waals surface area (Å²) in [7, 11) is 0. The maximum absolute atomic E-state index is 11.9. The molecule has 0 spiro atoms. The van der Waals surface area contributed by atoms with Crippen molar-refractivity contribution in [1.82, 2.24) is 10.2 Å². The standard InChI is InChI=1S/C14H15BrN2O2/c15-6-9-1-2-10-7-17(8-11(10)5-9)12-3-4-13(18)16-14(12)19/h1-2,5,12H,3-4,6-8H2,(H,16,18,19). The number of amides is 2. The van der Waals surface area contributed by atoms with Crippen LogP contribution in [0.3, 0.4) is 0 Å². The lowest BCUT2D eigenvalue weighted by Gasteiger charge is -2.29. The van der Waals surface area contributed by atoms with Gasteiger partial charge in [0.05, 0.1) is 6.04 Å². The largest absolute Gasteiger partial charge is 0.295 e. The molecule has 0 aliphatic carbocycles. The number of carbonyl (C=O) groups excluding carboxylic acids is 2. The predicted molar refractivity (Wildman–Crippen MR) is 74.5 cm³/mol. The quantitative estimate of drug-likeness (QED) is 0.666. The van der Waals surface area contributed by atoms with Crippen LogP contribution in [0.1, 0.15) is 29.5 Å². The van der Waals surface area contributed by atoms with Gasteiger partial charge in [0.25, 0.3) is 0 Å². The summed E-state index contributed by atoms with van der Waals surface area (Å²) in [6.45, 7) is 1.59. The number of piperidine rings is 1. The Bertz CT molecular complexity index is 544. The molecule has 100 valence electrons. The summed E-state index contributed by atoms with van der Waals surface area (Å²) in [5.74, 6) is -0.302. The van der Waals surface area contributed by atoms with Crippen molar-refractivity contribution < 1.29 is 9.59 Å². The van der Waals surface area contributed by atoms with Crippen molar-refractivity contribution >= 4 is 27.7 Å². The van der Waals surface area contributed by atoms with Crippen LogP contribution < -0.4 is 5.32 Å². The average molecular weight is 323 g/mol. The Kier molecular flexibility index (Phi) is 3.41. The number of hydrogen-bond acceptors (Lipinski definition) is 3. The number of halogens is 1. The zero-order chi connectivity index (χ0) is 13.4. The number of rotatable bonds is 2. The van der Waals surface area contributed by atoms with Gasteiger partial charge in [-0.25, -0.2) is 0 Å². The number of nitrogens with zero attached hydrogens (tertiary/aromatic N) is 1. The number of alkyl halides is 1. The van der Waals surface area contributed by atoms with E-state index in [1.54, 1.807) is 0 Å². The molecule has 1 N–H and O–H groups in total. The second-order valence-electron chi connectivity index (χ2n) is 5.11. The van der Waals surface area contributed by atoms with Crippen LogP contribution >= 0.6 is 15.9 Å². The van der Waals surface area contributed by atoms with Crippen molar-refractivity contribution in [3.63, 3.8) is 0 Å². The topological polar surface area (TPSA) is 49.4 Å². The van der Waals surface area contributed by atoms with Crippen molar-refractivity contribution in [2.45, 2.75) is 37.3 Å². The molecule has 0 bridgehead atoms. The van der Waals surface area contributed by atoms with Crippen LogP contribution in [0.2, 0.25) is 0 Å². The fourth-order valence-corrected chi connectivity index (χ4v) is 3.16. The molecule has 0 aromatic heterocycles. The molecule has 2 heterocycles. The van der Waals surface area contributed by atoms with Crippen molar-refractivity contribution in [3.8, 4) is 0 Å². The van der Waals surface area contributed by atoms with E-state index in [0.29, 0.717) is 12.8 Å².